The summed E-state index contributed by atoms with van der Waals surface area (Å²) in [5.74, 6) is -2.53. The van der Waals surface area contributed by atoms with Crippen LogP contribution in [0.15, 0.2) is 30.3 Å². The Morgan fingerprint density at radius 3 is 2.29 bits per heavy atom. The number of benzene rings is 2. The lowest BCUT2D eigenvalue weighted by Gasteiger charge is -2.19. The average Bonchev–Trinajstić information content (AvgIpc) is 2.51. The van der Waals surface area contributed by atoms with Crippen molar-refractivity contribution in [3.63, 3.8) is 0 Å². The lowest BCUT2D eigenvalue weighted by Crippen LogP contribution is -2.09. The van der Waals surface area contributed by atoms with Gasteiger partial charge in [0.15, 0.2) is 0 Å². The topological polar surface area (TPSA) is 0 Å². The third-order valence-corrected chi connectivity index (χ3v) is 4.43. The summed E-state index contributed by atoms with van der Waals surface area (Å²) < 4.78 is 56.0. The van der Waals surface area contributed by atoms with Gasteiger partial charge in [0.2, 0.25) is 0 Å². The van der Waals surface area contributed by atoms with Crippen LogP contribution >= 0.6 is 0 Å². The molecule has 0 saturated carbocycles. The van der Waals surface area contributed by atoms with Crippen LogP contribution in [0.2, 0.25) is 0 Å². The van der Waals surface area contributed by atoms with Crippen molar-refractivity contribution in [2.24, 2.45) is 0 Å². The standard InChI is InChI=1S/C20H18F4/c1-2-3-4-12-7-18(23)20(19(24)8-12)13-5-6-16-14(9-13)10-15(21)11-17(16)22/h5,7-8,10-11H,2-4,6,9H2,1H3. The van der Waals surface area contributed by atoms with E-state index >= 15 is 0 Å². The van der Waals surface area contributed by atoms with Crippen molar-refractivity contribution in [2.75, 3.05) is 0 Å². The molecule has 0 unspecified atom stereocenters. The van der Waals surface area contributed by atoms with Gasteiger partial charge in [-0.1, -0.05) is 19.4 Å². The van der Waals surface area contributed by atoms with E-state index in [2.05, 4.69) is 0 Å². The van der Waals surface area contributed by atoms with Crippen molar-refractivity contribution in [3.8, 4) is 0 Å². The quantitative estimate of drug-likeness (QED) is 0.623. The van der Waals surface area contributed by atoms with E-state index in [1.54, 1.807) is 6.08 Å². The number of unbranched alkanes of at least 4 members (excludes halogenated alkanes) is 1. The smallest absolute Gasteiger partial charge is 0.133 e. The third kappa shape index (κ3) is 3.23. The van der Waals surface area contributed by atoms with Gasteiger partial charge in [0, 0.05) is 11.6 Å². The van der Waals surface area contributed by atoms with Crippen LogP contribution in [0.3, 0.4) is 0 Å². The maximum absolute atomic E-state index is 14.4. The minimum atomic E-state index is -0.677. The zero-order valence-electron chi connectivity index (χ0n) is 13.4. The van der Waals surface area contributed by atoms with Gasteiger partial charge in [-0.15, -0.1) is 0 Å². The fourth-order valence-corrected chi connectivity index (χ4v) is 3.19. The molecule has 0 radical (unpaired) electrons. The van der Waals surface area contributed by atoms with Gasteiger partial charge in [0.25, 0.3) is 0 Å². The first-order chi connectivity index (χ1) is 11.5. The van der Waals surface area contributed by atoms with Crippen LogP contribution in [0.5, 0.6) is 0 Å². The Morgan fingerprint density at radius 2 is 1.62 bits per heavy atom. The minimum absolute atomic E-state index is 0.0921. The molecule has 24 heavy (non-hydrogen) atoms. The maximum atomic E-state index is 14.4. The number of allylic oxidation sites excluding steroid dienone is 2. The lowest BCUT2D eigenvalue weighted by molar-refractivity contribution is 0.567. The Labute approximate surface area is 138 Å². The molecule has 126 valence electrons. The molecule has 4 heteroatoms. The van der Waals surface area contributed by atoms with Crippen LogP contribution in [0.4, 0.5) is 17.6 Å². The molecule has 0 spiro atoms. The number of rotatable bonds is 4. The van der Waals surface area contributed by atoms with E-state index in [0.717, 1.165) is 18.9 Å². The summed E-state index contributed by atoms with van der Waals surface area (Å²) >= 11 is 0. The molecule has 0 amide bonds. The Kier molecular flexibility index (Phi) is 4.74. The Morgan fingerprint density at radius 1 is 0.917 bits per heavy atom. The summed E-state index contributed by atoms with van der Waals surface area (Å²) in [5.41, 5.74) is 1.80. The molecule has 0 N–H and O–H groups in total. The van der Waals surface area contributed by atoms with Gasteiger partial charge in [0.1, 0.15) is 23.3 Å². The Bertz CT molecular complexity index is 783. The number of hydrogen-bond donors (Lipinski definition) is 0. The molecule has 1 aliphatic carbocycles. The number of halogens is 4. The summed E-state index contributed by atoms with van der Waals surface area (Å²) in [5, 5.41) is 0. The number of fused-ring (bicyclic) bond motifs is 1. The molecule has 2 aromatic rings. The molecule has 0 heterocycles. The van der Waals surface area contributed by atoms with E-state index in [0.29, 0.717) is 28.7 Å². The predicted molar refractivity (Wildman–Crippen MR) is 86.7 cm³/mol. The van der Waals surface area contributed by atoms with Gasteiger partial charge in [-0.25, -0.2) is 17.6 Å². The van der Waals surface area contributed by atoms with E-state index in [-0.39, 0.29) is 18.4 Å². The van der Waals surface area contributed by atoms with Crippen LogP contribution < -0.4 is 0 Å². The monoisotopic (exact) mass is 334 g/mol. The summed E-state index contributed by atoms with van der Waals surface area (Å²) in [6.45, 7) is 2.02. The summed E-state index contributed by atoms with van der Waals surface area (Å²) in [6.07, 6.45) is 4.38. The molecule has 0 aromatic heterocycles. The lowest BCUT2D eigenvalue weighted by atomic mass is 9.87. The van der Waals surface area contributed by atoms with Gasteiger partial charge < -0.3 is 0 Å². The summed E-state index contributed by atoms with van der Waals surface area (Å²) in [4.78, 5) is 0. The van der Waals surface area contributed by atoms with E-state index in [4.69, 9.17) is 0 Å². The van der Waals surface area contributed by atoms with E-state index in [9.17, 15) is 17.6 Å². The summed E-state index contributed by atoms with van der Waals surface area (Å²) in [7, 11) is 0. The van der Waals surface area contributed by atoms with Gasteiger partial charge in [-0.3, -0.25) is 0 Å². The minimum Gasteiger partial charge on any atom is -0.207 e. The van der Waals surface area contributed by atoms with Gasteiger partial charge in [0.05, 0.1) is 0 Å². The number of aryl methyl sites for hydroxylation is 1. The molecule has 2 aromatic carbocycles. The second-order valence-corrected chi connectivity index (χ2v) is 6.17. The van der Waals surface area contributed by atoms with E-state index in [1.807, 2.05) is 6.92 Å². The van der Waals surface area contributed by atoms with E-state index < -0.39 is 23.3 Å². The first kappa shape index (κ1) is 16.7. The molecular formula is C20H18F4. The molecular weight excluding hydrogens is 316 g/mol. The average molecular weight is 334 g/mol. The molecule has 0 nitrogen and oxygen atoms in total. The first-order valence-corrected chi connectivity index (χ1v) is 8.13. The van der Waals surface area contributed by atoms with Crippen molar-refractivity contribution in [3.05, 3.63) is 75.9 Å². The molecule has 0 bridgehead atoms. The normalized spacial score (nSPS) is 13.6. The largest absolute Gasteiger partial charge is 0.207 e. The molecule has 0 saturated heterocycles. The summed E-state index contributed by atoms with van der Waals surface area (Å²) in [6, 6.07) is 4.78. The second-order valence-electron chi connectivity index (χ2n) is 6.17. The highest BCUT2D eigenvalue weighted by Crippen LogP contribution is 2.33. The third-order valence-electron chi connectivity index (χ3n) is 4.43. The van der Waals surface area contributed by atoms with Crippen LogP contribution in [0.25, 0.3) is 5.57 Å². The van der Waals surface area contributed by atoms with Crippen molar-refractivity contribution in [2.45, 2.75) is 39.0 Å². The van der Waals surface area contributed by atoms with Crippen LogP contribution in [-0.4, -0.2) is 0 Å². The molecule has 3 rings (SSSR count). The van der Waals surface area contributed by atoms with Crippen LogP contribution in [0, 0.1) is 23.3 Å². The zero-order chi connectivity index (χ0) is 17.3. The first-order valence-electron chi connectivity index (χ1n) is 8.13. The molecule has 1 aliphatic rings. The highest BCUT2D eigenvalue weighted by atomic mass is 19.1. The van der Waals surface area contributed by atoms with Crippen molar-refractivity contribution >= 4 is 5.57 Å². The van der Waals surface area contributed by atoms with Gasteiger partial charge in [-0.2, -0.15) is 0 Å². The van der Waals surface area contributed by atoms with Crippen molar-refractivity contribution in [1.82, 2.24) is 0 Å². The maximum Gasteiger partial charge on any atom is 0.133 e. The fraction of sp³-hybridized carbons (Fsp3) is 0.300. The highest BCUT2D eigenvalue weighted by molar-refractivity contribution is 5.71. The van der Waals surface area contributed by atoms with Crippen molar-refractivity contribution < 1.29 is 17.6 Å². The SMILES string of the molecule is CCCCc1cc(F)c(C2=CCc3c(F)cc(F)cc3C2)c(F)c1. The number of hydrogen-bond acceptors (Lipinski definition) is 0. The Hall–Kier alpha value is -2.10. The molecule has 0 fully saturated rings. The van der Waals surface area contributed by atoms with Crippen LogP contribution in [0.1, 0.15) is 42.0 Å². The predicted octanol–water partition coefficient (Wildman–Crippen LogP) is 5.77. The zero-order valence-corrected chi connectivity index (χ0v) is 13.4. The second kappa shape index (κ2) is 6.80. The highest BCUT2D eigenvalue weighted by Gasteiger charge is 2.22. The molecule has 0 atom stereocenters. The van der Waals surface area contributed by atoms with E-state index in [1.165, 1.54) is 18.2 Å². The van der Waals surface area contributed by atoms with Crippen molar-refractivity contribution in [1.29, 1.82) is 0 Å². The van der Waals surface area contributed by atoms with Crippen LogP contribution in [-0.2, 0) is 19.3 Å². The Balaban J connectivity index is 1.94. The molecule has 0 aliphatic heterocycles. The van der Waals surface area contributed by atoms with Gasteiger partial charge >= 0.3 is 0 Å². The van der Waals surface area contributed by atoms with Gasteiger partial charge in [-0.05, 0) is 66.1 Å². The fourth-order valence-electron chi connectivity index (χ4n) is 3.19.